The Hall–Kier alpha value is -2.11. The number of halogens is 1. The molecule has 0 unspecified atom stereocenters. The van der Waals surface area contributed by atoms with Gasteiger partial charge in [-0.25, -0.2) is 9.18 Å². The van der Waals surface area contributed by atoms with Crippen molar-refractivity contribution in [2.45, 2.75) is 19.8 Å². The number of hydrogen-bond donors (Lipinski definition) is 1. The number of nitrogens with zero attached hydrogens (tertiary/aromatic N) is 1. The zero-order valence-electron chi connectivity index (χ0n) is 12.0. The predicted octanol–water partition coefficient (Wildman–Crippen LogP) is 2.63. The monoisotopic (exact) mass is 294 g/mol. The molecule has 0 aromatic heterocycles. The van der Waals surface area contributed by atoms with Gasteiger partial charge >= 0.3 is 12.0 Å². The van der Waals surface area contributed by atoms with Crippen LogP contribution in [0.15, 0.2) is 24.3 Å². The second-order valence-electron chi connectivity index (χ2n) is 4.95. The zero-order valence-corrected chi connectivity index (χ0v) is 12.0. The van der Waals surface area contributed by atoms with Crippen LogP contribution in [0.1, 0.15) is 19.8 Å². The first-order valence-corrected chi connectivity index (χ1v) is 7.09. The molecule has 1 aromatic rings. The molecule has 0 bridgehead atoms. The molecular weight excluding hydrogens is 275 g/mol. The third kappa shape index (κ3) is 3.93. The van der Waals surface area contributed by atoms with E-state index in [9.17, 15) is 14.0 Å². The molecule has 1 heterocycles. The first-order valence-electron chi connectivity index (χ1n) is 7.09. The van der Waals surface area contributed by atoms with Crippen molar-refractivity contribution < 1.29 is 18.7 Å². The summed E-state index contributed by atoms with van der Waals surface area (Å²) in [6.07, 6.45) is 1.44. The minimum atomic E-state index is -0.482. The minimum absolute atomic E-state index is 0.140. The van der Waals surface area contributed by atoms with E-state index in [2.05, 4.69) is 5.32 Å². The Morgan fingerprint density at radius 1 is 1.43 bits per heavy atom. The number of nitrogens with one attached hydrogen (secondary N) is 1. The van der Waals surface area contributed by atoms with Crippen LogP contribution in [0.4, 0.5) is 14.9 Å². The van der Waals surface area contributed by atoms with Crippen LogP contribution in [0, 0.1) is 11.7 Å². The average molecular weight is 294 g/mol. The summed E-state index contributed by atoms with van der Waals surface area (Å²) in [6.45, 7) is 2.94. The molecule has 6 heteroatoms. The quantitative estimate of drug-likeness (QED) is 0.872. The van der Waals surface area contributed by atoms with E-state index in [0.717, 1.165) is 6.42 Å². The summed E-state index contributed by atoms with van der Waals surface area (Å²) in [5.41, 5.74) is 0.140. The van der Waals surface area contributed by atoms with Crippen molar-refractivity contribution in [2.75, 3.05) is 25.0 Å². The average Bonchev–Trinajstić information content (AvgIpc) is 2.50. The number of ether oxygens (including phenoxy) is 1. The molecule has 2 rings (SSSR count). The largest absolute Gasteiger partial charge is 0.466 e. The number of likely N-dealkylation sites (tertiary alicyclic amines) is 1. The number of hydrogen-bond acceptors (Lipinski definition) is 3. The highest BCUT2D eigenvalue weighted by Crippen LogP contribution is 2.20. The third-order valence-electron chi connectivity index (χ3n) is 3.44. The number of urea groups is 1. The lowest BCUT2D eigenvalue weighted by molar-refractivity contribution is -0.149. The van der Waals surface area contributed by atoms with Crippen molar-refractivity contribution in [1.82, 2.24) is 4.90 Å². The van der Waals surface area contributed by atoms with E-state index in [1.807, 2.05) is 0 Å². The Morgan fingerprint density at radius 3 is 2.90 bits per heavy atom. The van der Waals surface area contributed by atoms with Gasteiger partial charge in [0.1, 0.15) is 5.82 Å². The van der Waals surface area contributed by atoms with Crippen LogP contribution in [-0.4, -0.2) is 36.6 Å². The predicted molar refractivity (Wildman–Crippen MR) is 76.3 cm³/mol. The number of rotatable bonds is 3. The number of amides is 2. The SMILES string of the molecule is CCOC(=O)[C@H]1CCCN(C(=O)Nc2ccccc2F)C1. The maximum Gasteiger partial charge on any atom is 0.321 e. The highest BCUT2D eigenvalue weighted by molar-refractivity contribution is 5.90. The van der Waals surface area contributed by atoms with Gasteiger partial charge in [0.15, 0.2) is 0 Å². The Labute approximate surface area is 123 Å². The van der Waals surface area contributed by atoms with Crippen LogP contribution in [-0.2, 0) is 9.53 Å². The van der Waals surface area contributed by atoms with Crippen LogP contribution < -0.4 is 5.32 Å². The number of benzene rings is 1. The van der Waals surface area contributed by atoms with E-state index in [1.165, 1.54) is 17.0 Å². The van der Waals surface area contributed by atoms with Crippen molar-refractivity contribution >= 4 is 17.7 Å². The molecule has 0 saturated carbocycles. The molecule has 2 amide bonds. The van der Waals surface area contributed by atoms with Gasteiger partial charge in [-0.3, -0.25) is 4.79 Å². The Balaban J connectivity index is 1.96. The Bertz CT molecular complexity index is 521. The van der Waals surface area contributed by atoms with E-state index < -0.39 is 11.8 Å². The molecule has 0 aliphatic carbocycles. The summed E-state index contributed by atoms with van der Waals surface area (Å²) >= 11 is 0. The molecule has 0 spiro atoms. The molecule has 0 radical (unpaired) electrons. The van der Waals surface area contributed by atoms with Crippen LogP contribution in [0.2, 0.25) is 0 Å². The van der Waals surface area contributed by atoms with Gasteiger partial charge < -0.3 is 15.0 Å². The molecule has 114 valence electrons. The second-order valence-corrected chi connectivity index (χ2v) is 4.95. The van der Waals surface area contributed by atoms with Crippen molar-refractivity contribution in [3.05, 3.63) is 30.1 Å². The van der Waals surface area contributed by atoms with E-state index in [0.29, 0.717) is 26.1 Å². The zero-order chi connectivity index (χ0) is 15.2. The van der Waals surface area contributed by atoms with Crippen molar-refractivity contribution in [3.63, 3.8) is 0 Å². The standard InChI is InChI=1S/C15H19FN2O3/c1-2-21-14(19)11-6-5-9-18(10-11)15(20)17-13-8-4-3-7-12(13)16/h3-4,7-8,11H,2,5-6,9-10H2,1H3,(H,17,20)/t11-/m0/s1. The van der Waals surface area contributed by atoms with Crippen molar-refractivity contribution in [3.8, 4) is 0 Å². The maximum atomic E-state index is 13.5. The molecule has 1 N–H and O–H groups in total. The van der Waals surface area contributed by atoms with Gasteiger partial charge in [0.25, 0.3) is 0 Å². The number of anilines is 1. The molecule has 1 atom stereocenters. The van der Waals surface area contributed by atoms with E-state index in [-0.39, 0.29) is 17.6 Å². The number of carbonyl (C=O) groups is 2. The molecule has 1 fully saturated rings. The van der Waals surface area contributed by atoms with Gasteiger partial charge in [-0.2, -0.15) is 0 Å². The third-order valence-corrected chi connectivity index (χ3v) is 3.44. The summed E-state index contributed by atoms with van der Waals surface area (Å²) in [5, 5.41) is 2.53. The number of para-hydroxylation sites is 1. The minimum Gasteiger partial charge on any atom is -0.466 e. The van der Waals surface area contributed by atoms with Gasteiger partial charge in [0, 0.05) is 13.1 Å². The lowest BCUT2D eigenvalue weighted by atomic mass is 9.98. The second kappa shape index (κ2) is 7.06. The fourth-order valence-corrected chi connectivity index (χ4v) is 2.37. The molecule has 1 aromatic carbocycles. The summed E-state index contributed by atoms with van der Waals surface area (Å²) in [6, 6.07) is 5.60. The van der Waals surface area contributed by atoms with Crippen molar-refractivity contribution in [2.24, 2.45) is 5.92 Å². The normalized spacial score (nSPS) is 18.2. The highest BCUT2D eigenvalue weighted by Gasteiger charge is 2.29. The van der Waals surface area contributed by atoms with Gasteiger partial charge in [-0.1, -0.05) is 12.1 Å². The molecule has 1 aliphatic rings. The fraction of sp³-hybridized carbons (Fsp3) is 0.467. The number of carbonyl (C=O) groups excluding carboxylic acids is 2. The molecular formula is C15H19FN2O3. The lowest BCUT2D eigenvalue weighted by Crippen LogP contribution is -2.44. The van der Waals surface area contributed by atoms with E-state index >= 15 is 0 Å². The first-order chi connectivity index (χ1) is 10.1. The summed E-state index contributed by atoms with van der Waals surface area (Å²) < 4.78 is 18.5. The summed E-state index contributed by atoms with van der Waals surface area (Å²) in [4.78, 5) is 25.4. The molecule has 1 saturated heterocycles. The van der Waals surface area contributed by atoms with Crippen LogP contribution in [0.25, 0.3) is 0 Å². The van der Waals surface area contributed by atoms with Gasteiger partial charge in [0.05, 0.1) is 18.2 Å². The summed E-state index contributed by atoms with van der Waals surface area (Å²) in [7, 11) is 0. The first kappa shape index (κ1) is 15.3. The van der Waals surface area contributed by atoms with Crippen LogP contribution in [0.3, 0.4) is 0 Å². The van der Waals surface area contributed by atoms with Crippen LogP contribution >= 0.6 is 0 Å². The highest BCUT2D eigenvalue weighted by atomic mass is 19.1. The molecule has 1 aliphatic heterocycles. The molecule has 5 nitrogen and oxygen atoms in total. The van der Waals surface area contributed by atoms with Crippen LogP contribution in [0.5, 0.6) is 0 Å². The Kier molecular flexibility index (Phi) is 5.14. The van der Waals surface area contributed by atoms with Gasteiger partial charge in [-0.15, -0.1) is 0 Å². The van der Waals surface area contributed by atoms with E-state index in [1.54, 1.807) is 19.1 Å². The smallest absolute Gasteiger partial charge is 0.321 e. The van der Waals surface area contributed by atoms with Crippen molar-refractivity contribution in [1.29, 1.82) is 0 Å². The maximum absolute atomic E-state index is 13.5. The topological polar surface area (TPSA) is 58.6 Å². The number of piperidine rings is 1. The Morgan fingerprint density at radius 2 is 2.19 bits per heavy atom. The summed E-state index contributed by atoms with van der Waals surface area (Å²) in [5.74, 6) is -1.06. The molecule has 21 heavy (non-hydrogen) atoms. The van der Waals surface area contributed by atoms with Gasteiger partial charge in [-0.05, 0) is 31.9 Å². The lowest BCUT2D eigenvalue weighted by Gasteiger charge is -2.31. The number of esters is 1. The van der Waals surface area contributed by atoms with Gasteiger partial charge in [0.2, 0.25) is 0 Å². The van der Waals surface area contributed by atoms with E-state index in [4.69, 9.17) is 4.74 Å². The fourth-order valence-electron chi connectivity index (χ4n) is 2.37.